The van der Waals surface area contributed by atoms with E-state index in [0.29, 0.717) is 12.2 Å². The first-order valence-corrected chi connectivity index (χ1v) is 17.3. The summed E-state index contributed by atoms with van der Waals surface area (Å²) in [6, 6.07) is 10.9. The Morgan fingerprint density at radius 1 is 0.800 bits per heavy atom. The number of aliphatic hydroxyl groups excluding tert-OH is 2. The van der Waals surface area contributed by atoms with Crippen LogP contribution in [0.1, 0.15) is 53.4 Å². The normalized spacial score (nSPS) is 12.9. The van der Waals surface area contributed by atoms with Gasteiger partial charge in [0.1, 0.15) is 13.2 Å². The molecular formula is C39H55BrN6O9. The molecule has 4 rings (SSSR count). The minimum Gasteiger partial charge on any atom is -1.00 e. The fraction of sp³-hybridized carbons (Fsp3) is 0.385. The van der Waals surface area contributed by atoms with Crippen molar-refractivity contribution in [2.75, 3.05) is 36.1 Å². The van der Waals surface area contributed by atoms with Gasteiger partial charge in [0.2, 0.25) is 18.9 Å². The Bertz CT molecular complexity index is 1580. The Kier molecular flexibility index (Phi) is 26.5. The quantitative estimate of drug-likeness (QED) is 0.0248. The maximum absolute atomic E-state index is 11.2. The van der Waals surface area contributed by atoms with Crippen molar-refractivity contribution >= 4 is 35.0 Å². The second-order valence-corrected chi connectivity index (χ2v) is 11.9. The Hall–Kier alpha value is -5.16. The standard InChI is InChI=1S/C17H26N2O3.C11H14N2O3.C6H8O3.C5H6N2.BrH/c1-4-5-6-7-10-19-11-8-15(9-12-19)18-13-16(20)22-17(21)14(2)3;1-8(2)11(15)16-10(14)7-13-9-3-5-12-6-4-9;1-4(2)6(7)9-5-3-8-5;6-5-1-3-7-4-2-5;/h8-9,11-12,16,20H,2,4-7,10,13H2,1,3H3;3-6,10,14H,1,7H2,2H3,(H,12,13);5H,1,3H2,2H3;1-4H,(H2,6,7);1H. The van der Waals surface area contributed by atoms with Gasteiger partial charge in [0.25, 0.3) is 0 Å². The molecule has 1 aliphatic heterocycles. The molecule has 1 saturated heterocycles. The van der Waals surface area contributed by atoms with Gasteiger partial charge in [-0.15, -0.1) is 0 Å². The molecule has 4 heterocycles. The molecule has 0 aromatic carbocycles. The number of carbonyl (C=O) groups is 3. The fourth-order valence-corrected chi connectivity index (χ4v) is 3.55. The predicted octanol–water partition coefficient (Wildman–Crippen LogP) is 1.47. The number of pyridine rings is 3. The zero-order valence-electron chi connectivity index (χ0n) is 32.0. The van der Waals surface area contributed by atoms with Gasteiger partial charge in [-0.1, -0.05) is 39.5 Å². The molecule has 0 bridgehead atoms. The molecule has 0 aliphatic carbocycles. The van der Waals surface area contributed by atoms with Crippen LogP contribution in [0.3, 0.4) is 0 Å². The highest BCUT2D eigenvalue weighted by molar-refractivity contribution is 5.87. The van der Waals surface area contributed by atoms with Crippen molar-refractivity contribution in [2.45, 2.75) is 78.8 Å². The molecule has 3 unspecified atom stereocenters. The zero-order valence-corrected chi connectivity index (χ0v) is 33.6. The number of esters is 3. The van der Waals surface area contributed by atoms with E-state index in [0.717, 1.165) is 23.6 Å². The van der Waals surface area contributed by atoms with Crippen LogP contribution in [-0.4, -0.2) is 76.7 Å². The number of epoxide rings is 1. The molecule has 3 aromatic heterocycles. The first kappa shape index (κ1) is 49.8. The number of hydrogen-bond donors (Lipinski definition) is 5. The van der Waals surface area contributed by atoms with Crippen LogP contribution in [0.2, 0.25) is 0 Å². The van der Waals surface area contributed by atoms with E-state index >= 15 is 0 Å². The van der Waals surface area contributed by atoms with Gasteiger partial charge < -0.3 is 62.5 Å². The molecule has 15 nitrogen and oxygen atoms in total. The molecule has 1 fully saturated rings. The number of nitrogens with one attached hydrogen (secondary N) is 2. The van der Waals surface area contributed by atoms with E-state index in [1.165, 1.54) is 32.6 Å². The Morgan fingerprint density at radius 2 is 1.24 bits per heavy atom. The first-order chi connectivity index (χ1) is 25.7. The zero-order chi connectivity index (χ0) is 40.3. The van der Waals surface area contributed by atoms with Gasteiger partial charge in [-0.3, -0.25) is 9.97 Å². The number of nitrogens with two attached hydrogens (primary N) is 1. The topological polar surface area (TPSA) is 212 Å². The number of aliphatic hydroxyl groups is 2. The summed E-state index contributed by atoms with van der Waals surface area (Å²) in [5.74, 6) is -1.58. The van der Waals surface area contributed by atoms with Crippen molar-refractivity contribution in [3.63, 3.8) is 0 Å². The van der Waals surface area contributed by atoms with E-state index in [2.05, 4.69) is 66.0 Å². The number of carbonyl (C=O) groups excluding carboxylic acids is 3. The van der Waals surface area contributed by atoms with Crippen molar-refractivity contribution in [1.82, 2.24) is 9.97 Å². The average molecular weight is 832 g/mol. The third kappa shape index (κ3) is 26.3. The molecule has 6 N–H and O–H groups in total. The van der Waals surface area contributed by atoms with Crippen molar-refractivity contribution in [3.8, 4) is 0 Å². The predicted molar refractivity (Wildman–Crippen MR) is 205 cm³/mol. The van der Waals surface area contributed by atoms with Crippen LogP contribution in [0.4, 0.5) is 17.1 Å². The van der Waals surface area contributed by atoms with E-state index in [1.54, 1.807) is 62.9 Å². The lowest BCUT2D eigenvalue weighted by Crippen LogP contribution is -3.00. The van der Waals surface area contributed by atoms with Gasteiger partial charge >= 0.3 is 17.9 Å². The molecule has 55 heavy (non-hydrogen) atoms. The van der Waals surface area contributed by atoms with E-state index in [-0.39, 0.29) is 53.5 Å². The van der Waals surface area contributed by atoms with Crippen LogP contribution >= 0.6 is 0 Å². The molecule has 3 atom stereocenters. The summed E-state index contributed by atoms with van der Waals surface area (Å²) in [7, 11) is 0. The maximum atomic E-state index is 11.2. The lowest BCUT2D eigenvalue weighted by atomic mass is 10.2. The highest BCUT2D eigenvalue weighted by Crippen LogP contribution is 2.12. The highest BCUT2D eigenvalue weighted by atomic mass is 79.9. The van der Waals surface area contributed by atoms with E-state index in [4.69, 9.17) is 10.5 Å². The number of rotatable bonds is 17. The number of ether oxygens (including phenoxy) is 4. The third-order valence-corrected chi connectivity index (χ3v) is 6.58. The monoisotopic (exact) mass is 830 g/mol. The Labute approximate surface area is 334 Å². The highest BCUT2D eigenvalue weighted by Gasteiger charge is 2.27. The third-order valence-electron chi connectivity index (χ3n) is 6.58. The molecule has 3 aromatic rings. The number of anilines is 3. The van der Waals surface area contributed by atoms with E-state index in [9.17, 15) is 24.6 Å². The van der Waals surface area contributed by atoms with Crippen molar-refractivity contribution in [1.29, 1.82) is 0 Å². The molecule has 1 aliphatic rings. The smallest absolute Gasteiger partial charge is 0.335 e. The first-order valence-electron chi connectivity index (χ1n) is 17.3. The van der Waals surface area contributed by atoms with Crippen LogP contribution in [0, 0.1) is 0 Å². The summed E-state index contributed by atoms with van der Waals surface area (Å²) in [6.07, 6.45) is 12.8. The van der Waals surface area contributed by atoms with E-state index < -0.39 is 24.5 Å². The number of aryl methyl sites for hydroxylation is 1. The fourth-order valence-electron chi connectivity index (χ4n) is 3.55. The summed E-state index contributed by atoms with van der Waals surface area (Å²) in [5.41, 5.74) is 8.67. The second kappa shape index (κ2) is 29.2. The minimum atomic E-state index is -1.20. The average Bonchev–Trinajstić information content (AvgIpc) is 3.97. The maximum Gasteiger partial charge on any atom is 0.335 e. The summed E-state index contributed by atoms with van der Waals surface area (Å²) < 4.78 is 20.9. The molecule has 0 saturated carbocycles. The van der Waals surface area contributed by atoms with Crippen molar-refractivity contribution in [3.05, 3.63) is 110 Å². The van der Waals surface area contributed by atoms with Crippen LogP contribution in [0.25, 0.3) is 0 Å². The summed E-state index contributed by atoms with van der Waals surface area (Å²) >= 11 is 0. The lowest BCUT2D eigenvalue weighted by molar-refractivity contribution is -0.697. The molecule has 0 spiro atoms. The largest absolute Gasteiger partial charge is 1.00 e. The van der Waals surface area contributed by atoms with Gasteiger partial charge in [0, 0.05) is 77.1 Å². The summed E-state index contributed by atoms with van der Waals surface area (Å²) in [4.78, 5) is 40.5. The number of hydrogen-bond acceptors (Lipinski definition) is 14. The molecule has 302 valence electrons. The number of unbranched alkanes of at least 4 members (excludes halogenated alkanes) is 3. The van der Waals surface area contributed by atoms with Crippen LogP contribution < -0.4 is 37.9 Å². The van der Waals surface area contributed by atoms with Crippen molar-refractivity contribution < 1.29 is 65.1 Å². The van der Waals surface area contributed by atoms with Gasteiger partial charge in [-0.25, -0.2) is 19.0 Å². The lowest BCUT2D eigenvalue weighted by Gasteiger charge is -2.13. The summed E-state index contributed by atoms with van der Waals surface area (Å²) in [6.45, 7) is 18.9. The van der Waals surface area contributed by atoms with E-state index in [1.807, 2.05) is 24.5 Å². The Balaban J connectivity index is 0.000000766. The van der Waals surface area contributed by atoms with Crippen LogP contribution in [0.15, 0.2) is 110 Å². The molecule has 16 heteroatoms. The summed E-state index contributed by atoms with van der Waals surface area (Å²) in [5, 5.41) is 24.9. The molecule has 0 radical (unpaired) electrons. The van der Waals surface area contributed by atoms with Gasteiger partial charge in [-0.05, 0) is 51.5 Å². The molecule has 0 amide bonds. The van der Waals surface area contributed by atoms with Gasteiger partial charge in [0.05, 0.1) is 13.1 Å². The van der Waals surface area contributed by atoms with Gasteiger partial charge in [-0.2, -0.15) is 0 Å². The van der Waals surface area contributed by atoms with Crippen LogP contribution in [-0.2, 0) is 39.9 Å². The van der Waals surface area contributed by atoms with Crippen molar-refractivity contribution in [2.24, 2.45) is 0 Å². The van der Waals surface area contributed by atoms with Gasteiger partial charge in [0.15, 0.2) is 12.4 Å². The number of halogens is 1. The SMILES string of the molecule is C=C(C)C(=O)OC(O)CNc1cc[n+](CCCCCC)cc1.C=C(C)C(=O)OC(O)CNc1ccncc1.C=C(C)C(=O)OC1CO1.Nc1ccncc1.[Br-]. The second-order valence-electron chi connectivity index (χ2n) is 11.9. The minimum absolute atomic E-state index is 0. The number of nitrogens with zero attached hydrogens (tertiary/aromatic N) is 3. The number of nitrogen functional groups attached to an aromatic ring is 1. The number of aromatic nitrogens is 3. The van der Waals surface area contributed by atoms with Crippen LogP contribution in [0.5, 0.6) is 0 Å². The Morgan fingerprint density at radius 3 is 1.62 bits per heavy atom. The molecular weight excluding hydrogens is 776 g/mol.